The Hall–Kier alpha value is -3.13. The third kappa shape index (κ3) is 3.88. The average Bonchev–Trinajstić information content (AvgIpc) is 3.06. The van der Waals surface area contributed by atoms with Gasteiger partial charge in [-0.3, -0.25) is 4.79 Å². The van der Waals surface area contributed by atoms with E-state index in [9.17, 15) is 4.79 Å². The SMILES string of the molecule is CCCn1c2ccccc2c2nnc(SCC(=O)Nc3ccccc3OC)nc21. The van der Waals surface area contributed by atoms with Crippen LogP contribution in [0.4, 0.5) is 5.69 Å². The highest BCUT2D eigenvalue weighted by atomic mass is 32.2. The van der Waals surface area contributed by atoms with Crippen LogP contribution in [0.3, 0.4) is 0 Å². The minimum absolute atomic E-state index is 0.155. The number of aromatic nitrogens is 4. The maximum atomic E-state index is 12.4. The lowest BCUT2D eigenvalue weighted by Gasteiger charge is -2.09. The van der Waals surface area contributed by atoms with Gasteiger partial charge in [0.15, 0.2) is 5.65 Å². The predicted molar refractivity (Wildman–Crippen MR) is 115 cm³/mol. The van der Waals surface area contributed by atoms with Crippen LogP contribution in [0.2, 0.25) is 0 Å². The fourth-order valence-electron chi connectivity index (χ4n) is 3.26. The Morgan fingerprint density at radius 1 is 1.14 bits per heavy atom. The van der Waals surface area contributed by atoms with Crippen LogP contribution in [0.5, 0.6) is 5.75 Å². The Balaban J connectivity index is 1.55. The molecule has 0 bridgehead atoms. The number of nitrogens with zero attached hydrogens (tertiary/aromatic N) is 4. The molecule has 2 aromatic heterocycles. The first-order chi connectivity index (χ1) is 14.2. The Kier molecular flexibility index (Phi) is 5.62. The number of carbonyl (C=O) groups excluding carboxylic acids is 1. The Bertz CT molecular complexity index is 1170. The summed E-state index contributed by atoms with van der Waals surface area (Å²) >= 11 is 1.26. The molecule has 0 fully saturated rings. The van der Waals surface area contributed by atoms with E-state index in [4.69, 9.17) is 9.72 Å². The topological polar surface area (TPSA) is 81.9 Å². The summed E-state index contributed by atoms with van der Waals surface area (Å²) in [5.74, 6) is 0.644. The molecule has 0 saturated carbocycles. The Morgan fingerprint density at radius 3 is 2.76 bits per heavy atom. The number of benzene rings is 2. The molecule has 1 amide bonds. The third-order valence-electron chi connectivity index (χ3n) is 4.52. The second-order valence-electron chi connectivity index (χ2n) is 6.47. The molecule has 148 valence electrons. The average molecular weight is 407 g/mol. The third-order valence-corrected chi connectivity index (χ3v) is 5.35. The monoisotopic (exact) mass is 407 g/mol. The molecular weight excluding hydrogens is 386 g/mol. The highest BCUT2D eigenvalue weighted by molar-refractivity contribution is 7.99. The van der Waals surface area contributed by atoms with Gasteiger partial charge in [-0.05, 0) is 24.6 Å². The molecule has 0 atom stereocenters. The van der Waals surface area contributed by atoms with Crippen LogP contribution < -0.4 is 10.1 Å². The first kappa shape index (κ1) is 19.2. The second-order valence-corrected chi connectivity index (χ2v) is 7.42. The van der Waals surface area contributed by atoms with E-state index in [1.165, 1.54) is 11.8 Å². The zero-order chi connectivity index (χ0) is 20.2. The molecule has 0 aliphatic heterocycles. The minimum Gasteiger partial charge on any atom is -0.495 e. The lowest BCUT2D eigenvalue weighted by molar-refractivity contribution is -0.113. The van der Waals surface area contributed by atoms with Crippen molar-refractivity contribution < 1.29 is 9.53 Å². The number of ether oxygens (including phenoxy) is 1. The zero-order valence-electron chi connectivity index (χ0n) is 16.3. The molecule has 4 rings (SSSR count). The van der Waals surface area contributed by atoms with Crippen LogP contribution in [0, 0.1) is 0 Å². The normalized spacial score (nSPS) is 11.1. The van der Waals surface area contributed by atoms with Crippen molar-refractivity contribution in [2.75, 3.05) is 18.2 Å². The van der Waals surface area contributed by atoms with E-state index >= 15 is 0 Å². The maximum absolute atomic E-state index is 12.4. The quantitative estimate of drug-likeness (QED) is 0.464. The van der Waals surface area contributed by atoms with Crippen LogP contribution in [0.25, 0.3) is 22.1 Å². The Morgan fingerprint density at radius 2 is 1.93 bits per heavy atom. The van der Waals surface area contributed by atoms with Gasteiger partial charge in [0.1, 0.15) is 11.3 Å². The Labute approximate surface area is 172 Å². The van der Waals surface area contributed by atoms with Crippen molar-refractivity contribution in [1.29, 1.82) is 0 Å². The molecule has 29 heavy (non-hydrogen) atoms. The molecule has 0 saturated heterocycles. The summed E-state index contributed by atoms with van der Waals surface area (Å²) < 4.78 is 7.43. The summed E-state index contributed by atoms with van der Waals surface area (Å²) in [5.41, 5.74) is 3.33. The summed E-state index contributed by atoms with van der Waals surface area (Å²) in [6.07, 6.45) is 0.988. The molecule has 4 aromatic rings. The smallest absolute Gasteiger partial charge is 0.234 e. The highest BCUT2D eigenvalue weighted by Gasteiger charge is 2.15. The molecule has 0 radical (unpaired) electrons. The van der Waals surface area contributed by atoms with E-state index in [1.54, 1.807) is 19.2 Å². The van der Waals surface area contributed by atoms with E-state index in [0.29, 0.717) is 16.6 Å². The van der Waals surface area contributed by atoms with E-state index in [1.807, 2.05) is 30.3 Å². The van der Waals surface area contributed by atoms with E-state index in [2.05, 4.69) is 33.1 Å². The molecule has 2 aromatic carbocycles. The van der Waals surface area contributed by atoms with Crippen molar-refractivity contribution >= 4 is 45.4 Å². The van der Waals surface area contributed by atoms with Crippen molar-refractivity contribution in [2.45, 2.75) is 25.0 Å². The van der Waals surface area contributed by atoms with Gasteiger partial charge < -0.3 is 14.6 Å². The van der Waals surface area contributed by atoms with Crippen LogP contribution in [-0.4, -0.2) is 38.5 Å². The second kappa shape index (κ2) is 8.48. The van der Waals surface area contributed by atoms with Crippen molar-refractivity contribution in [3.05, 3.63) is 48.5 Å². The fraction of sp³-hybridized carbons (Fsp3) is 0.238. The number of hydrogen-bond donors (Lipinski definition) is 1. The summed E-state index contributed by atoms with van der Waals surface area (Å²) in [7, 11) is 1.57. The van der Waals surface area contributed by atoms with Gasteiger partial charge in [0, 0.05) is 11.9 Å². The van der Waals surface area contributed by atoms with Gasteiger partial charge in [-0.1, -0.05) is 49.0 Å². The number of hydrogen-bond acceptors (Lipinski definition) is 6. The number of amides is 1. The number of rotatable bonds is 7. The first-order valence-electron chi connectivity index (χ1n) is 9.38. The number of para-hydroxylation sites is 3. The largest absolute Gasteiger partial charge is 0.495 e. The van der Waals surface area contributed by atoms with Crippen molar-refractivity contribution in [3.63, 3.8) is 0 Å². The number of carbonyl (C=O) groups is 1. The lowest BCUT2D eigenvalue weighted by atomic mass is 10.2. The van der Waals surface area contributed by atoms with Crippen LogP contribution in [0.1, 0.15) is 13.3 Å². The van der Waals surface area contributed by atoms with Gasteiger partial charge in [-0.2, -0.15) is 0 Å². The first-order valence-corrected chi connectivity index (χ1v) is 10.4. The standard InChI is InChI=1S/C21H21N5O2S/c1-3-12-26-16-10-6-4-8-14(16)19-20(26)23-21(25-24-19)29-13-18(27)22-15-9-5-7-11-17(15)28-2/h4-11H,3,12-13H2,1-2H3,(H,22,27). The highest BCUT2D eigenvalue weighted by Crippen LogP contribution is 2.28. The number of methoxy groups -OCH3 is 1. The van der Waals surface area contributed by atoms with Crippen LogP contribution >= 0.6 is 11.8 Å². The molecule has 8 heteroatoms. The van der Waals surface area contributed by atoms with Gasteiger partial charge in [0.05, 0.1) is 24.1 Å². The maximum Gasteiger partial charge on any atom is 0.234 e. The van der Waals surface area contributed by atoms with E-state index in [0.717, 1.165) is 35.0 Å². The molecule has 0 spiro atoms. The van der Waals surface area contributed by atoms with E-state index in [-0.39, 0.29) is 11.7 Å². The van der Waals surface area contributed by atoms with Gasteiger partial charge in [-0.25, -0.2) is 4.98 Å². The summed E-state index contributed by atoms with van der Waals surface area (Å²) in [6, 6.07) is 15.4. The van der Waals surface area contributed by atoms with Crippen molar-refractivity contribution in [2.24, 2.45) is 0 Å². The summed E-state index contributed by atoms with van der Waals surface area (Å²) in [6.45, 7) is 2.98. The van der Waals surface area contributed by atoms with E-state index < -0.39 is 0 Å². The summed E-state index contributed by atoms with van der Waals surface area (Å²) in [4.78, 5) is 17.1. The van der Waals surface area contributed by atoms with Crippen LogP contribution in [-0.2, 0) is 11.3 Å². The number of anilines is 1. The molecule has 7 nitrogen and oxygen atoms in total. The molecule has 0 unspecified atom stereocenters. The molecule has 0 aliphatic rings. The van der Waals surface area contributed by atoms with Gasteiger partial charge in [-0.15, -0.1) is 10.2 Å². The zero-order valence-corrected chi connectivity index (χ0v) is 17.1. The van der Waals surface area contributed by atoms with Crippen molar-refractivity contribution in [3.8, 4) is 5.75 Å². The lowest BCUT2D eigenvalue weighted by Crippen LogP contribution is -2.15. The van der Waals surface area contributed by atoms with Crippen LogP contribution in [0.15, 0.2) is 53.7 Å². The van der Waals surface area contributed by atoms with Crippen molar-refractivity contribution in [1.82, 2.24) is 19.7 Å². The number of thioether (sulfide) groups is 1. The fourth-order valence-corrected chi connectivity index (χ4v) is 3.85. The minimum atomic E-state index is -0.155. The molecule has 1 N–H and O–H groups in total. The summed E-state index contributed by atoms with van der Waals surface area (Å²) in [5, 5.41) is 13.0. The van der Waals surface area contributed by atoms with Gasteiger partial charge in [0.2, 0.25) is 11.1 Å². The number of fused-ring (bicyclic) bond motifs is 3. The number of aryl methyl sites for hydroxylation is 1. The van der Waals surface area contributed by atoms with Gasteiger partial charge >= 0.3 is 0 Å². The van der Waals surface area contributed by atoms with Gasteiger partial charge in [0.25, 0.3) is 0 Å². The molecule has 2 heterocycles. The predicted octanol–water partition coefficient (Wildman–Crippen LogP) is 4.13. The molecular formula is C21H21N5O2S. The molecule has 0 aliphatic carbocycles. The number of nitrogens with one attached hydrogen (secondary N) is 1.